The third-order valence-electron chi connectivity index (χ3n) is 4.30. The topological polar surface area (TPSA) is 50.1 Å². The molecule has 0 aliphatic carbocycles. The number of hydrogen-bond donors (Lipinski definition) is 2. The van der Waals surface area contributed by atoms with Crippen LogP contribution in [0, 0.1) is 19.3 Å². The number of aromatic nitrogens is 2. The molecule has 1 aromatic heterocycles. The molecule has 0 unspecified atom stereocenters. The van der Waals surface area contributed by atoms with Crippen molar-refractivity contribution in [1.82, 2.24) is 15.1 Å². The molecule has 1 aromatic rings. The smallest absolute Gasteiger partial charge is 0.0641 e. The number of nitrogens with one attached hydrogen (secondary N) is 1. The molecule has 0 saturated heterocycles. The Bertz CT molecular complexity index is 372. The van der Waals surface area contributed by atoms with Gasteiger partial charge in [0.25, 0.3) is 0 Å². The molecular weight excluding hydrogens is 226 g/mol. The van der Waals surface area contributed by atoms with Crippen LogP contribution in [0.5, 0.6) is 0 Å². The minimum Gasteiger partial charge on any atom is -0.396 e. The van der Waals surface area contributed by atoms with E-state index in [4.69, 9.17) is 0 Å². The van der Waals surface area contributed by atoms with Gasteiger partial charge >= 0.3 is 0 Å². The largest absolute Gasteiger partial charge is 0.396 e. The van der Waals surface area contributed by atoms with Crippen LogP contribution in [0.15, 0.2) is 0 Å². The van der Waals surface area contributed by atoms with Crippen molar-refractivity contribution in [3.05, 3.63) is 17.0 Å². The minimum atomic E-state index is 0.0179. The summed E-state index contributed by atoms with van der Waals surface area (Å²) in [5.74, 6) is 0. The Hall–Kier alpha value is -0.870. The summed E-state index contributed by atoms with van der Waals surface area (Å²) >= 11 is 0. The lowest BCUT2D eigenvalue weighted by Gasteiger charge is -2.29. The van der Waals surface area contributed by atoms with Crippen LogP contribution < -0.4 is 5.32 Å². The fourth-order valence-corrected chi connectivity index (χ4v) is 2.31. The molecule has 0 spiro atoms. The van der Waals surface area contributed by atoms with E-state index in [0.29, 0.717) is 0 Å². The van der Waals surface area contributed by atoms with E-state index in [-0.39, 0.29) is 12.0 Å². The van der Waals surface area contributed by atoms with Gasteiger partial charge in [-0.1, -0.05) is 13.8 Å². The molecule has 1 rings (SSSR count). The van der Waals surface area contributed by atoms with Gasteiger partial charge in [0.1, 0.15) is 0 Å². The normalized spacial score (nSPS) is 12.1. The summed E-state index contributed by atoms with van der Waals surface area (Å²) in [4.78, 5) is 0. The summed E-state index contributed by atoms with van der Waals surface area (Å²) in [6.07, 6.45) is 2.00. The maximum atomic E-state index is 9.53. The van der Waals surface area contributed by atoms with Crippen LogP contribution >= 0.6 is 0 Å². The zero-order valence-electron chi connectivity index (χ0n) is 12.4. The van der Waals surface area contributed by atoms with Crippen molar-refractivity contribution in [3.63, 3.8) is 0 Å². The average Bonchev–Trinajstić information content (AvgIpc) is 2.61. The van der Waals surface area contributed by atoms with Gasteiger partial charge < -0.3 is 10.4 Å². The standard InChI is InChI=1S/C14H27N3O/c1-6-14(7-2,10-18)9-15-8-13-11(3)16-17(5)12(13)4/h15,18H,6-10H2,1-5H3. The second-order valence-corrected chi connectivity index (χ2v) is 5.24. The van der Waals surface area contributed by atoms with Gasteiger partial charge in [-0.3, -0.25) is 4.68 Å². The molecule has 0 aliphatic heterocycles. The molecule has 4 nitrogen and oxygen atoms in total. The molecule has 2 N–H and O–H groups in total. The Morgan fingerprint density at radius 1 is 1.28 bits per heavy atom. The first kappa shape index (κ1) is 15.2. The monoisotopic (exact) mass is 253 g/mol. The molecule has 0 saturated carbocycles. The van der Waals surface area contributed by atoms with E-state index >= 15 is 0 Å². The van der Waals surface area contributed by atoms with Gasteiger partial charge in [-0.05, 0) is 26.7 Å². The fourth-order valence-electron chi connectivity index (χ4n) is 2.31. The molecule has 104 valence electrons. The molecule has 0 atom stereocenters. The lowest BCUT2D eigenvalue weighted by molar-refractivity contribution is 0.113. The van der Waals surface area contributed by atoms with E-state index in [2.05, 4.69) is 31.2 Å². The van der Waals surface area contributed by atoms with Crippen molar-refractivity contribution < 1.29 is 5.11 Å². The van der Waals surface area contributed by atoms with Crippen molar-refractivity contribution in [2.45, 2.75) is 47.1 Å². The zero-order valence-corrected chi connectivity index (χ0v) is 12.4. The zero-order chi connectivity index (χ0) is 13.8. The highest BCUT2D eigenvalue weighted by molar-refractivity contribution is 5.23. The van der Waals surface area contributed by atoms with Crippen molar-refractivity contribution >= 4 is 0 Å². The molecule has 18 heavy (non-hydrogen) atoms. The van der Waals surface area contributed by atoms with Crippen LogP contribution in [0.3, 0.4) is 0 Å². The lowest BCUT2D eigenvalue weighted by atomic mass is 9.83. The summed E-state index contributed by atoms with van der Waals surface area (Å²) in [6, 6.07) is 0. The number of aliphatic hydroxyl groups excluding tert-OH is 1. The van der Waals surface area contributed by atoms with Gasteiger partial charge in [0.2, 0.25) is 0 Å². The number of rotatable bonds is 7. The first-order valence-corrected chi connectivity index (χ1v) is 6.80. The molecule has 0 fully saturated rings. The maximum Gasteiger partial charge on any atom is 0.0641 e. The summed E-state index contributed by atoms with van der Waals surface area (Å²) in [6.45, 7) is 10.3. The number of hydrogen-bond acceptors (Lipinski definition) is 3. The summed E-state index contributed by atoms with van der Waals surface area (Å²) in [5, 5.41) is 17.4. The van der Waals surface area contributed by atoms with E-state index in [0.717, 1.165) is 31.6 Å². The number of nitrogens with zero attached hydrogens (tertiary/aromatic N) is 2. The predicted molar refractivity (Wildman–Crippen MR) is 74.5 cm³/mol. The quantitative estimate of drug-likeness (QED) is 0.780. The van der Waals surface area contributed by atoms with Crippen LogP contribution in [0.2, 0.25) is 0 Å². The highest BCUT2D eigenvalue weighted by Gasteiger charge is 2.24. The van der Waals surface area contributed by atoms with Gasteiger partial charge in [-0.2, -0.15) is 5.10 Å². The first-order valence-electron chi connectivity index (χ1n) is 6.80. The van der Waals surface area contributed by atoms with Crippen molar-refractivity contribution in [1.29, 1.82) is 0 Å². The maximum absolute atomic E-state index is 9.53. The van der Waals surface area contributed by atoms with Crippen LogP contribution in [-0.4, -0.2) is 28.0 Å². The third-order valence-corrected chi connectivity index (χ3v) is 4.30. The van der Waals surface area contributed by atoms with E-state index < -0.39 is 0 Å². The second-order valence-electron chi connectivity index (χ2n) is 5.24. The van der Waals surface area contributed by atoms with Gasteiger partial charge in [0.15, 0.2) is 0 Å². The Labute approximate surface area is 110 Å². The van der Waals surface area contributed by atoms with Gasteiger partial charge in [0, 0.05) is 43.4 Å². The van der Waals surface area contributed by atoms with Crippen LogP contribution in [0.4, 0.5) is 0 Å². The Morgan fingerprint density at radius 2 is 1.89 bits per heavy atom. The van der Waals surface area contributed by atoms with E-state index in [9.17, 15) is 5.11 Å². The highest BCUT2D eigenvalue weighted by Crippen LogP contribution is 2.24. The van der Waals surface area contributed by atoms with Crippen molar-refractivity contribution in [2.24, 2.45) is 12.5 Å². The molecule has 0 radical (unpaired) electrons. The summed E-state index contributed by atoms with van der Waals surface area (Å²) in [5.41, 5.74) is 3.59. The molecule has 1 heterocycles. The lowest BCUT2D eigenvalue weighted by Crippen LogP contribution is -2.36. The molecule has 0 aliphatic rings. The van der Waals surface area contributed by atoms with Crippen LogP contribution in [0.25, 0.3) is 0 Å². The minimum absolute atomic E-state index is 0.0179. The SMILES string of the molecule is CCC(CC)(CO)CNCc1c(C)nn(C)c1C. The molecule has 0 bridgehead atoms. The fraction of sp³-hybridized carbons (Fsp3) is 0.786. The third kappa shape index (κ3) is 3.12. The van der Waals surface area contributed by atoms with Gasteiger partial charge in [-0.15, -0.1) is 0 Å². The van der Waals surface area contributed by atoms with Gasteiger partial charge in [0.05, 0.1) is 5.69 Å². The average molecular weight is 253 g/mol. The van der Waals surface area contributed by atoms with E-state index in [1.54, 1.807) is 0 Å². The van der Waals surface area contributed by atoms with E-state index in [1.807, 2.05) is 18.7 Å². The molecule has 4 heteroatoms. The van der Waals surface area contributed by atoms with Crippen LogP contribution in [0.1, 0.15) is 43.6 Å². The molecular formula is C14H27N3O. The molecule has 0 aromatic carbocycles. The Kier molecular flexibility index (Phi) is 5.35. The Balaban J connectivity index is 2.61. The Morgan fingerprint density at radius 3 is 2.28 bits per heavy atom. The highest BCUT2D eigenvalue weighted by atomic mass is 16.3. The first-order chi connectivity index (χ1) is 8.49. The predicted octanol–water partition coefficient (Wildman–Crippen LogP) is 1.93. The number of aliphatic hydroxyl groups is 1. The van der Waals surface area contributed by atoms with Crippen molar-refractivity contribution in [2.75, 3.05) is 13.2 Å². The van der Waals surface area contributed by atoms with Gasteiger partial charge in [-0.25, -0.2) is 0 Å². The van der Waals surface area contributed by atoms with Crippen LogP contribution in [-0.2, 0) is 13.6 Å². The summed E-state index contributed by atoms with van der Waals surface area (Å²) < 4.78 is 1.92. The number of aryl methyl sites for hydroxylation is 2. The molecule has 0 amide bonds. The van der Waals surface area contributed by atoms with E-state index in [1.165, 1.54) is 11.3 Å². The van der Waals surface area contributed by atoms with Crippen molar-refractivity contribution in [3.8, 4) is 0 Å². The second kappa shape index (κ2) is 6.34. The summed E-state index contributed by atoms with van der Waals surface area (Å²) in [7, 11) is 1.97.